The largest absolute Gasteiger partial charge is 0.161 e. The van der Waals surface area contributed by atoms with E-state index in [1.165, 1.54) is 30.1 Å². The Morgan fingerprint density at radius 2 is 1.82 bits per heavy atom. The minimum Gasteiger partial charge on any atom is -0.161 e. The van der Waals surface area contributed by atoms with Gasteiger partial charge in [-0.05, 0) is 17.4 Å². The van der Waals surface area contributed by atoms with Crippen molar-refractivity contribution in [2.24, 2.45) is 0 Å². The van der Waals surface area contributed by atoms with E-state index in [1.54, 1.807) is 0 Å². The second-order valence-electron chi connectivity index (χ2n) is 2.89. The molecule has 0 nitrogen and oxygen atoms in total. The van der Waals surface area contributed by atoms with E-state index in [4.69, 9.17) is 0 Å². The van der Waals surface area contributed by atoms with Gasteiger partial charge in [-0.2, -0.15) is 23.5 Å². The number of unbranched alkanes of at least 4 members (excludes halogenated alkanes) is 1. The summed E-state index contributed by atoms with van der Waals surface area (Å²) >= 11 is 4.17. The maximum Gasteiger partial charge on any atom is 0.00261 e. The summed E-state index contributed by atoms with van der Waals surface area (Å²) < 4.78 is 0. The third-order valence-electron chi connectivity index (χ3n) is 1.32. The molecule has 68 valence electrons. The van der Waals surface area contributed by atoms with Crippen LogP contribution >= 0.6 is 23.5 Å². The van der Waals surface area contributed by atoms with Crippen LogP contribution in [-0.4, -0.2) is 22.5 Å². The van der Waals surface area contributed by atoms with Crippen molar-refractivity contribution in [1.29, 1.82) is 0 Å². The molecule has 0 aliphatic heterocycles. The molecule has 0 saturated carbocycles. The Bertz CT molecular complexity index is 72.0. The minimum absolute atomic E-state index is 0.807. The molecule has 0 N–H and O–H groups in total. The van der Waals surface area contributed by atoms with Crippen molar-refractivity contribution >= 4 is 23.5 Å². The Labute approximate surface area is 79.9 Å². The molecule has 0 bridgehead atoms. The Balaban J connectivity index is 2.80. The molecule has 0 aromatic heterocycles. The monoisotopic (exact) mass is 192 g/mol. The fraction of sp³-hybridized carbons (Fsp3) is 1.00. The maximum atomic E-state index is 2.27. The molecule has 0 saturated heterocycles. The summed E-state index contributed by atoms with van der Waals surface area (Å²) in [5.74, 6) is 4.02. The van der Waals surface area contributed by atoms with Crippen molar-refractivity contribution in [2.45, 2.75) is 38.9 Å². The van der Waals surface area contributed by atoms with Crippen molar-refractivity contribution < 1.29 is 0 Å². The molecule has 0 radical (unpaired) electrons. The highest BCUT2D eigenvalue weighted by Crippen LogP contribution is 2.12. The molecule has 11 heavy (non-hydrogen) atoms. The summed E-state index contributed by atoms with van der Waals surface area (Å²) in [5.41, 5.74) is 0. The van der Waals surface area contributed by atoms with E-state index >= 15 is 0 Å². The van der Waals surface area contributed by atoms with Crippen molar-refractivity contribution in [2.75, 3.05) is 17.3 Å². The highest BCUT2D eigenvalue weighted by Gasteiger charge is 1.93. The summed E-state index contributed by atoms with van der Waals surface area (Å²) in [6, 6.07) is 0. The van der Waals surface area contributed by atoms with E-state index in [0.29, 0.717) is 0 Å². The zero-order valence-electron chi connectivity index (χ0n) is 7.93. The summed E-state index contributed by atoms with van der Waals surface area (Å²) in [4.78, 5) is 0. The van der Waals surface area contributed by atoms with Crippen LogP contribution in [0.25, 0.3) is 0 Å². The highest BCUT2D eigenvalue weighted by atomic mass is 32.2. The topological polar surface area (TPSA) is 0 Å². The van der Waals surface area contributed by atoms with E-state index in [1.807, 2.05) is 0 Å². The zero-order chi connectivity index (χ0) is 8.53. The van der Waals surface area contributed by atoms with Gasteiger partial charge in [-0.1, -0.05) is 27.2 Å². The lowest BCUT2D eigenvalue weighted by Crippen LogP contribution is -1.92. The van der Waals surface area contributed by atoms with Gasteiger partial charge in [0, 0.05) is 11.5 Å². The fourth-order valence-electron chi connectivity index (χ4n) is 0.691. The first-order valence-electron chi connectivity index (χ1n) is 4.46. The highest BCUT2D eigenvalue weighted by molar-refractivity contribution is 8.03. The van der Waals surface area contributed by atoms with Crippen LogP contribution in [0.3, 0.4) is 0 Å². The number of hydrogen-bond donors (Lipinski definition) is 0. The Kier molecular flexibility index (Phi) is 9.35. The Morgan fingerprint density at radius 3 is 2.36 bits per heavy atom. The Morgan fingerprint density at radius 1 is 1.09 bits per heavy atom. The molecular weight excluding hydrogens is 172 g/mol. The second-order valence-corrected chi connectivity index (χ2v) is 5.79. The van der Waals surface area contributed by atoms with Gasteiger partial charge in [-0.3, -0.25) is 0 Å². The van der Waals surface area contributed by atoms with Crippen molar-refractivity contribution in [3.8, 4) is 0 Å². The lowest BCUT2D eigenvalue weighted by atomic mass is 10.4. The van der Waals surface area contributed by atoms with Crippen LogP contribution in [0.5, 0.6) is 0 Å². The number of hydrogen-bond acceptors (Lipinski definition) is 2. The van der Waals surface area contributed by atoms with Gasteiger partial charge < -0.3 is 0 Å². The van der Waals surface area contributed by atoms with Crippen molar-refractivity contribution in [3.05, 3.63) is 0 Å². The normalized spacial score (nSPS) is 10.9. The first-order valence-corrected chi connectivity index (χ1v) is 6.67. The predicted octanol–water partition coefficient (Wildman–Crippen LogP) is 3.66. The van der Waals surface area contributed by atoms with Gasteiger partial charge >= 0.3 is 0 Å². The van der Waals surface area contributed by atoms with Crippen LogP contribution in [-0.2, 0) is 0 Å². The van der Waals surface area contributed by atoms with Gasteiger partial charge in [0.1, 0.15) is 0 Å². The third-order valence-corrected chi connectivity index (χ3v) is 3.76. The van der Waals surface area contributed by atoms with E-state index in [9.17, 15) is 0 Å². The Hall–Kier alpha value is 0.700. The van der Waals surface area contributed by atoms with E-state index in [2.05, 4.69) is 44.3 Å². The molecule has 0 aliphatic rings. The first-order chi connectivity index (χ1) is 5.27. The summed E-state index contributed by atoms with van der Waals surface area (Å²) in [7, 11) is 0. The lowest BCUT2D eigenvalue weighted by molar-refractivity contribution is 0.896. The lowest BCUT2D eigenvalue weighted by Gasteiger charge is -2.03. The molecule has 0 heterocycles. The van der Waals surface area contributed by atoms with Gasteiger partial charge in [0.05, 0.1) is 0 Å². The summed E-state index contributed by atoms with van der Waals surface area (Å²) in [6.45, 7) is 6.78. The summed E-state index contributed by atoms with van der Waals surface area (Å²) in [6.07, 6.45) is 2.72. The number of thioether (sulfide) groups is 2. The average molecular weight is 192 g/mol. The zero-order valence-corrected chi connectivity index (χ0v) is 9.56. The molecule has 0 aromatic rings. The van der Waals surface area contributed by atoms with E-state index < -0.39 is 0 Å². The molecular formula is C9H20S2. The van der Waals surface area contributed by atoms with Crippen LogP contribution in [0.2, 0.25) is 0 Å². The molecule has 0 fully saturated rings. The molecule has 2 heteroatoms. The van der Waals surface area contributed by atoms with E-state index in [0.717, 1.165) is 5.25 Å². The molecule has 0 rings (SSSR count). The van der Waals surface area contributed by atoms with Crippen LogP contribution in [0.4, 0.5) is 0 Å². The minimum atomic E-state index is 0.807. The molecule has 0 atom stereocenters. The predicted molar refractivity (Wildman–Crippen MR) is 59.8 cm³/mol. The molecule has 0 spiro atoms. The van der Waals surface area contributed by atoms with Gasteiger partial charge in [0.15, 0.2) is 0 Å². The van der Waals surface area contributed by atoms with E-state index in [-0.39, 0.29) is 0 Å². The van der Waals surface area contributed by atoms with Crippen LogP contribution in [0, 0.1) is 0 Å². The molecule has 0 aliphatic carbocycles. The molecule has 0 amide bonds. The quantitative estimate of drug-likeness (QED) is 0.565. The van der Waals surface area contributed by atoms with Gasteiger partial charge in [0.2, 0.25) is 0 Å². The third kappa shape index (κ3) is 10.7. The average Bonchev–Trinajstić information content (AvgIpc) is 1.96. The van der Waals surface area contributed by atoms with Gasteiger partial charge in [0.25, 0.3) is 0 Å². The SMILES string of the molecule is CCCCSCCSC(C)C. The van der Waals surface area contributed by atoms with Crippen LogP contribution in [0.1, 0.15) is 33.6 Å². The smallest absolute Gasteiger partial charge is 0.00261 e. The number of rotatable bonds is 7. The molecule has 0 aromatic carbocycles. The van der Waals surface area contributed by atoms with Gasteiger partial charge in [-0.15, -0.1) is 0 Å². The van der Waals surface area contributed by atoms with Gasteiger partial charge in [-0.25, -0.2) is 0 Å². The fourth-order valence-corrected chi connectivity index (χ4v) is 2.72. The maximum absolute atomic E-state index is 2.27. The first kappa shape index (κ1) is 11.7. The van der Waals surface area contributed by atoms with Crippen LogP contribution in [0.15, 0.2) is 0 Å². The van der Waals surface area contributed by atoms with Crippen molar-refractivity contribution in [1.82, 2.24) is 0 Å². The summed E-state index contributed by atoms with van der Waals surface area (Å²) in [5, 5.41) is 0.807. The second kappa shape index (κ2) is 8.79. The van der Waals surface area contributed by atoms with Crippen molar-refractivity contribution in [3.63, 3.8) is 0 Å². The molecule has 0 unspecified atom stereocenters. The standard InChI is InChI=1S/C9H20S2/c1-4-5-6-10-7-8-11-9(2)3/h9H,4-8H2,1-3H3. The van der Waals surface area contributed by atoms with Crippen LogP contribution < -0.4 is 0 Å².